The zero-order valence-corrected chi connectivity index (χ0v) is 10.8. The van der Waals surface area contributed by atoms with Crippen molar-refractivity contribution >= 4 is 5.97 Å². The maximum absolute atomic E-state index is 10.6. The fourth-order valence-corrected chi connectivity index (χ4v) is 1.77. The Morgan fingerprint density at radius 3 is 2.53 bits per heavy atom. The number of rotatable bonds is 6. The third-order valence-corrected chi connectivity index (χ3v) is 2.98. The standard InChI is InChI=1S/C14H21NO2/c1-11(2)15(9-8-14(16)17)10-13-7-5-4-6-12(13)3/h4-7,11H,8-10H2,1-3H3,(H,16,17). The molecule has 1 aromatic rings. The molecule has 0 fully saturated rings. The number of hydrogen-bond acceptors (Lipinski definition) is 2. The molecule has 1 N–H and O–H groups in total. The summed E-state index contributed by atoms with van der Waals surface area (Å²) in [4.78, 5) is 12.8. The van der Waals surface area contributed by atoms with Crippen molar-refractivity contribution in [3.8, 4) is 0 Å². The average molecular weight is 235 g/mol. The van der Waals surface area contributed by atoms with Crippen molar-refractivity contribution in [2.45, 2.75) is 39.8 Å². The number of benzene rings is 1. The molecule has 0 aliphatic carbocycles. The zero-order chi connectivity index (χ0) is 12.8. The van der Waals surface area contributed by atoms with Crippen LogP contribution in [0.4, 0.5) is 0 Å². The number of carbonyl (C=O) groups is 1. The van der Waals surface area contributed by atoms with Gasteiger partial charge in [-0.15, -0.1) is 0 Å². The van der Waals surface area contributed by atoms with Crippen molar-refractivity contribution in [3.63, 3.8) is 0 Å². The molecule has 0 saturated carbocycles. The summed E-state index contributed by atoms with van der Waals surface area (Å²) in [7, 11) is 0. The number of carboxylic acids is 1. The number of hydrogen-bond donors (Lipinski definition) is 1. The van der Waals surface area contributed by atoms with Crippen molar-refractivity contribution in [1.29, 1.82) is 0 Å². The summed E-state index contributed by atoms with van der Waals surface area (Å²) in [6.07, 6.45) is 0.198. The van der Waals surface area contributed by atoms with Gasteiger partial charge >= 0.3 is 5.97 Å². The van der Waals surface area contributed by atoms with E-state index in [1.807, 2.05) is 12.1 Å². The molecule has 3 nitrogen and oxygen atoms in total. The van der Waals surface area contributed by atoms with Gasteiger partial charge in [-0.3, -0.25) is 9.69 Å². The molecule has 0 aromatic heterocycles. The molecule has 0 unspecified atom stereocenters. The fraction of sp³-hybridized carbons (Fsp3) is 0.500. The minimum Gasteiger partial charge on any atom is -0.481 e. The summed E-state index contributed by atoms with van der Waals surface area (Å²) in [5.41, 5.74) is 2.53. The molecule has 3 heteroatoms. The molecule has 0 heterocycles. The van der Waals surface area contributed by atoms with Crippen LogP contribution in [0.5, 0.6) is 0 Å². The second kappa shape index (κ2) is 6.40. The van der Waals surface area contributed by atoms with Gasteiger partial charge in [0.25, 0.3) is 0 Å². The summed E-state index contributed by atoms with van der Waals surface area (Å²) in [6, 6.07) is 8.60. The van der Waals surface area contributed by atoms with Crippen molar-refractivity contribution in [1.82, 2.24) is 4.90 Å². The average Bonchev–Trinajstić information content (AvgIpc) is 2.25. The lowest BCUT2D eigenvalue weighted by Gasteiger charge is -2.26. The fourth-order valence-electron chi connectivity index (χ4n) is 1.77. The van der Waals surface area contributed by atoms with Gasteiger partial charge in [0, 0.05) is 19.1 Å². The van der Waals surface area contributed by atoms with E-state index in [1.165, 1.54) is 11.1 Å². The van der Waals surface area contributed by atoms with E-state index in [4.69, 9.17) is 5.11 Å². The first-order chi connectivity index (χ1) is 8.00. The van der Waals surface area contributed by atoms with Gasteiger partial charge in [-0.1, -0.05) is 24.3 Å². The number of aliphatic carboxylic acids is 1. The summed E-state index contributed by atoms with van der Waals surface area (Å²) in [5.74, 6) is -0.736. The lowest BCUT2D eigenvalue weighted by Crippen LogP contribution is -2.32. The number of carboxylic acid groups (broad SMARTS) is 1. The number of nitrogens with zero attached hydrogens (tertiary/aromatic N) is 1. The van der Waals surface area contributed by atoms with Gasteiger partial charge in [0.2, 0.25) is 0 Å². The van der Waals surface area contributed by atoms with Crippen LogP contribution in [0.25, 0.3) is 0 Å². The van der Waals surface area contributed by atoms with Gasteiger partial charge < -0.3 is 5.11 Å². The van der Waals surface area contributed by atoms with Crippen LogP contribution in [-0.4, -0.2) is 28.6 Å². The minimum atomic E-state index is -0.736. The molecule has 0 atom stereocenters. The normalized spacial score (nSPS) is 11.1. The van der Waals surface area contributed by atoms with E-state index in [1.54, 1.807) is 0 Å². The van der Waals surface area contributed by atoms with Crippen molar-refractivity contribution < 1.29 is 9.90 Å². The van der Waals surface area contributed by atoms with E-state index in [2.05, 4.69) is 37.8 Å². The molecule has 1 aromatic carbocycles. The first-order valence-electron chi connectivity index (χ1n) is 6.01. The SMILES string of the molecule is Cc1ccccc1CN(CCC(=O)O)C(C)C. The Morgan fingerprint density at radius 2 is 2.00 bits per heavy atom. The highest BCUT2D eigenvalue weighted by Gasteiger charge is 2.12. The van der Waals surface area contributed by atoms with Crippen LogP contribution in [0.3, 0.4) is 0 Å². The molecule has 0 saturated heterocycles. The summed E-state index contributed by atoms with van der Waals surface area (Å²) in [5, 5.41) is 8.74. The Hall–Kier alpha value is -1.35. The van der Waals surface area contributed by atoms with Crippen molar-refractivity contribution in [2.75, 3.05) is 6.54 Å². The van der Waals surface area contributed by atoms with E-state index in [0.29, 0.717) is 12.6 Å². The second-order valence-electron chi connectivity index (χ2n) is 4.63. The Kier molecular flexibility index (Phi) is 5.16. The van der Waals surface area contributed by atoms with E-state index < -0.39 is 5.97 Å². The molecule has 0 amide bonds. The predicted molar refractivity (Wildman–Crippen MR) is 69.0 cm³/mol. The van der Waals surface area contributed by atoms with Gasteiger partial charge in [-0.25, -0.2) is 0 Å². The Morgan fingerprint density at radius 1 is 1.35 bits per heavy atom. The summed E-state index contributed by atoms with van der Waals surface area (Å²) in [6.45, 7) is 7.70. The predicted octanol–water partition coefficient (Wildman–Crippen LogP) is 2.68. The highest BCUT2D eigenvalue weighted by molar-refractivity contribution is 5.66. The largest absolute Gasteiger partial charge is 0.481 e. The molecule has 0 aliphatic heterocycles. The van der Waals surface area contributed by atoms with Gasteiger partial charge in [0.1, 0.15) is 0 Å². The van der Waals surface area contributed by atoms with Crippen LogP contribution < -0.4 is 0 Å². The van der Waals surface area contributed by atoms with Crippen LogP contribution in [-0.2, 0) is 11.3 Å². The quantitative estimate of drug-likeness (QED) is 0.824. The van der Waals surface area contributed by atoms with Crippen LogP contribution in [0.15, 0.2) is 24.3 Å². The molecule has 1 rings (SSSR count). The molecular weight excluding hydrogens is 214 g/mol. The van der Waals surface area contributed by atoms with Gasteiger partial charge in [0.05, 0.1) is 6.42 Å². The molecule has 0 spiro atoms. The molecule has 94 valence electrons. The summed E-state index contributed by atoms with van der Waals surface area (Å²) < 4.78 is 0. The summed E-state index contributed by atoms with van der Waals surface area (Å²) >= 11 is 0. The van der Waals surface area contributed by atoms with E-state index in [-0.39, 0.29) is 6.42 Å². The zero-order valence-electron chi connectivity index (χ0n) is 10.8. The smallest absolute Gasteiger partial charge is 0.304 e. The first kappa shape index (κ1) is 13.7. The lowest BCUT2D eigenvalue weighted by atomic mass is 10.1. The third kappa shape index (κ3) is 4.57. The number of aryl methyl sites for hydroxylation is 1. The van der Waals surface area contributed by atoms with Crippen LogP contribution in [0.1, 0.15) is 31.4 Å². The second-order valence-corrected chi connectivity index (χ2v) is 4.63. The molecule has 17 heavy (non-hydrogen) atoms. The van der Waals surface area contributed by atoms with E-state index in [9.17, 15) is 4.79 Å². The Balaban J connectivity index is 2.67. The highest BCUT2D eigenvalue weighted by atomic mass is 16.4. The molecular formula is C14H21NO2. The maximum atomic E-state index is 10.6. The van der Waals surface area contributed by atoms with E-state index in [0.717, 1.165) is 6.54 Å². The molecule has 0 bridgehead atoms. The molecule has 0 aliphatic rings. The molecule has 0 radical (unpaired) electrons. The van der Waals surface area contributed by atoms with Gasteiger partial charge in [-0.2, -0.15) is 0 Å². The van der Waals surface area contributed by atoms with Crippen molar-refractivity contribution in [2.24, 2.45) is 0 Å². The van der Waals surface area contributed by atoms with Crippen molar-refractivity contribution in [3.05, 3.63) is 35.4 Å². The topological polar surface area (TPSA) is 40.5 Å². The van der Waals surface area contributed by atoms with Gasteiger partial charge in [-0.05, 0) is 31.9 Å². The van der Waals surface area contributed by atoms with Crippen LogP contribution in [0.2, 0.25) is 0 Å². The maximum Gasteiger partial charge on any atom is 0.304 e. The minimum absolute atomic E-state index is 0.198. The first-order valence-corrected chi connectivity index (χ1v) is 6.01. The third-order valence-electron chi connectivity index (χ3n) is 2.98. The van der Waals surface area contributed by atoms with E-state index >= 15 is 0 Å². The van der Waals surface area contributed by atoms with Crippen LogP contribution in [0, 0.1) is 6.92 Å². The van der Waals surface area contributed by atoms with Gasteiger partial charge in [0.15, 0.2) is 0 Å². The highest BCUT2D eigenvalue weighted by Crippen LogP contribution is 2.12. The lowest BCUT2D eigenvalue weighted by molar-refractivity contribution is -0.137. The monoisotopic (exact) mass is 235 g/mol. The Labute approximate surface area is 103 Å². The Bertz CT molecular complexity index is 374. The van der Waals surface area contributed by atoms with Crippen LogP contribution >= 0.6 is 0 Å².